The molecular formula is C12H19N7O. The molecule has 3 rings (SSSR count). The first kappa shape index (κ1) is 13.1. The van der Waals surface area contributed by atoms with E-state index in [1.807, 2.05) is 0 Å². The fourth-order valence-corrected chi connectivity index (χ4v) is 2.05. The van der Waals surface area contributed by atoms with Crippen molar-refractivity contribution in [1.82, 2.24) is 24.9 Å². The van der Waals surface area contributed by atoms with Crippen LogP contribution in [0.2, 0.25) is 0 Å². The van der Waals surface area contributed by atoms with Crippen LogP contribution in [-0.2, 0) is 4.74 Å². The van der Waals surface area contributed by atoms with Crippen LogP contribution in [0, 0.1) is 0 Å². The number of H-pyrrole nitrogens is 1. The van der Waals surface area contributed by atoms with E-state index in [1.54, 1.807) is 6.33 Å². The van der Waals surface area contributed by atoms with Crippen LogP contribution in [0.1, 0.15) is 13.3 Å². The number of imidazole rings is 1. The lowest BCUT2D eigenvalue weighted by Gasteiger charge is -2.27. The standard InChI is InChI=1S/C12H19N7O/c1-2-3-13-12-16-10-9(14-8-15-10)11(17-12)18-19-4-6-20-7-5-19/h8H,2-7H2,1H3,(H3,13,14,15,16,17,18). The second-order valence-corrected chi connectivity index (χ2v) is 4.63. The van der Waals surface area contributed by atoms with Crippen molar-refractivity contribution in [3.63, 3.8) is 0 Å². The Morgan fingerprint density at radius 2 is 2.20 bits per heavy atom. The Morgan fingerprint density at radius 3 is 3.00 bits per heavy atom. The van der Waals surface area contributed by atoms with Gasteiger partial charge in [-0.15, -0.1) is 0 Å². The van der Waals surface area contributed by atoms with E-state index in [0.29, 0.717) is 11.6 Å². The summed E-state index contributed by atoms with van der Waals surface area (Å²) in [6.45, 7) is 6.06. The molecular weight excluding hydrogens is 258 g/mol. The summed E-state index contributed by atoms with van der Waals surface area (Å²) in [6.07, 6.45) is 2.65. The molecule has 3 heterocycles. The highest BCUT2D eigenvalue weighted by Gasteiger charge is 2.15. The van der Waals surface area contributed by atoms with Crippen LogP contribution in [0.5, 0.6) is 0 Å². The molecule has 0 aliphatic carbocycles. The Kier molecular flexibility index (Phi) is 3.93. The zero-order valence-electron chi connectivity index (χ0n) is 11.5. The summed E-state index contributed by atoms with van der Waals surface area (Å²) in [5, 5.41) is 5.29. The second kappa shape index (κ2) is 6.02. The SMILES string of the molecule is CCCNc1nc(NN2CCOCC2)c2[nH]cnc2n1. The lowest BCUT2D eigenvalue weighted by Crippen LogP contribution is -2.40. The molecule has 3 N–H and O–H groups in total. The molecule has 8 heteroatoms. The highest BCUT2D eigenvalue weighted by Crippen LogP contribution is 2.19. The fraction of sp³-hybridized carbons (Fsp3) is 0.583. The number of hydrazine groups is 1. The Hall–Kier alpha value is -1.93. The van der Waals surface area contributed by atoms with Crippen molar-refractivity contribution in [1.29, 1.82) is 0 Å². The number of nitrogens with one attached hydrogen (secondary N) is 3. The molecule has 0 unspecified atom stereocenters. The van der Waals surface area contributed by atoms with Crippen molar-refractivity contribution in [3.8, 4) is 0 Å². The van der Waals surface area contributed by atoms with Crippen molar-refractivity contribution >= 4 is 22.9 Å². The lowest BCUT2D eigenvalue weighted by molar-refractivity contribution is 0.0495. The molecule has 0 radical (unpaired) electrons. The number of ether oxygens (including phenoxy) is 1. The van der Waals surface area contributed by atoms with Gasteiger partial charge in [0.2, 0.25) is 5.95 Å². The average molecular weight is 277 g/mol. The molecule has 1 aliphatic rings. The Balaban J connectivity index is 1.84. The molecule has 8 nitrogen and oxygen atoms in total. The highest BCUT2D eigenvalue weighted by atomic mass is 16.5. The maximum Gasteiger partial charge on any atom is 0.226 e. The third-order valence-electron chi connectivity index (χ3n) is 3.09. The van der Waals surface area contributed by atoms with Gasteiger partial charge in [0.25, 0.3) is 0 Å². The van der Waals surface area contributed by atoms with Crippen molar-refractivity contribution in [2.75, 3.05) is 43.6 Å². The van der Waals surface area contributed by atoms with Crippen LogP contribution < -0.4 is 10.7 Å². The van der Waals surface area contributed by atoms with Gasteiger partial charge in [-0.25, -0.2) is 9.99 Å². The quantitative estimate of drug-likeness (QED) is 0.745. The van der Waals surface area contributed by atoms with Gasteiger partial charge in [-0.3, -0.25) is 0 Å². The monoisotopic (exact) mass is 277 g/mol. The zero-order chi connectivity index (χ0) is 13.8. The second-order valence-electron chi connectivity index (χ2n) is 4.63. The molecule has 0 saturated carbocycles. The number of aromatic amines is 1. The predicted molar refractivity (Wildman–Crippen MR) is 76.5 cm³/mol. The van der Waals surface area contributed by atoms with Gasteiger partial charge in [0, 0.05) is 19.6 Å². The molecule has 0 bridgehead atoms. The minimum atomic E-state index is 0.599. The van der Waals surface area contributed by atoms with Crippen LogP contribution in [0.25, 0.3) is 11.2 Å². The Labute approximate surface area is 116 Å². The van der Waals surface area contributed by atoms with Crippen molar-refractivity contribution in [2.24, 2.45) is 0 Å². The molecule has 1 aliphatic heterocycles. The van der Waals surface area contributed by atoms with Crippen molar-refractivity contribution in [2.45, 2.75) is 13.3 Å². The normalized spacial score (nSPS) is 16.4. The molecule has 20 heavy (non-hydrogen) atoms. The van der Waals surface area contributed by atoms with Gasteiger partial charge >= 0.3 is 0 Å². The summed E-state index contributed by atoms with van der Waals surface area (Å²) in [5.41, 5.74) is 4.80. The number of aromatic nitrogens is 4. The van der Waals surface area contributed by atoms with E-state index in [2.05, 4.69) is 42.6 Å². The molecule has 2 aromatic heterocycles. The molecule has 0 atom stereocenters. The predicted octanol–water partition coefficient (Wildman–Crippen LogP) is 0.834. The maximum absolute atomic E-state index is 5.34. The number of hydrogen-bond donors (Lipinski definition) is 3. The van der Waals surface area contributed by atoms with E-state index in [4.69, 9.17) is 4.74 Å². The number of hydrogen-bond acceptors (Lipinski definition) is 7. The third kappa shape index (κ3) is 2.81. The maximum atomic E-state index is 5.34. The first-order valence-corrected chi connectivity index (χ1v) is 6.91. The summed E-state index contributed by atoms with van der Waals surface area (Å²) in [4.78, 5) is 16.2. The van der Waals surface area contributed by atoms with Gasteiger partial charge in [-0.2, -0.15) is 9.97 Å². The average Bonchev–Trinajstić information content (AvgIpc) is 2.95. The van der Waals surface area contributed by atoms with Gasteiger partial charge in [0.15, 0.2) is 11.5 Å². The van der Waals surface area contributed by atoms with Gasteiger partial charge in [-0.1, -0.05) is 6.92 Å². The Bertz CT molecular complexity index is 564. The van der Waals surface area contributed by atoms with E-state index in [0.717, 1.165) is 50.6 Å². The lowest BCUT2D eigenvalue weighted by atomic mass is 10.4. The number of fused-ring (bicyclic) bond motifs is 1. The fourth-order valence-electron chi connectivity index (χ4n) is 2.05. The summed E-state index contributed by atoms with van der Waals surface area (Å²) in [5.74, 6) is 1.34. The van der Waals surface area contributed by atoms with Gasteiger partial charge in [-0.05, 0) is 6.42 Å². The molecule has 2 aromatic rings. The molecule has 0 spiro atoms. The topological polar surface area (TPSA) is 91.0 Å². The van der Waals surface area contributed by atoms with E-state index < -0.39 is 0 Å². The van der Waals surface area contributed by atoms with Crippen LogP contribution in [-0.4, -0.2) is 57.8 Å². The minimum Gasteiger partial charge on any atom is -0.379 e. The van der Waals surface area contributed by atoms with Gasteiger partial charge in [0.1, 0.15) is 5.52 Å². The molecule has 0 aromatic carbocycles. The van der Waals surface area contributed by atoms with E-state index in [-0.39, 0.29) is 0 Å². The number of anilines is 2. The number of nitrogens with zero attached hydrogens (tertiary/aromatic N) is 4. The van der Waals surface area contributed by atoms with Gasteiger partial charge in [0.05, 0.1) is 19.5 Å². The van der Waals surface area contributed by atoms with Crippen LogP contribution in [0.3, 0.4) is 0 Å². The van der Waals surface area contributed by atoms with Crippen molar-refractivity contribution in [3.05, 3.63) is 6.33 Å². The van der Waals surface area contributed by atoms with Gasteiger partial charge < -0.3 is 20.5 Å². The summed E-state index contributed by atoms with van der Waals surface area (Å²) in [7, 11) is 0. The molecule has 1 saturated heterocycles. The number of morpholine rings is 1. The van der Waals surface area contributed by atoms with Crippen LogP contribution >= 0.6 is 0 Å². The third-order valence-corrected chi connectivity index (χ3v) is 3.09. The van der Waals surface area contributed by atoms with E-state index in [1.165, 1.54) is 0 Å². The zero-order valence-corrected chi connectivity index (χ0v) is 11.5. The van der Waals surface area contributed by atoms with E-state index >= 15 is 0 Å². The summed E-state index contributed by atoms with van der Waals surface area (Å²) >= 11 is 0. The highest BCUT2D eigenvalue weighted by molar-refractivity contribution is 5.83. The summed E-state index contributed by atoms with van der Waals surface area (Å²) in [6, 6.07) is 0. The van der Waals surface area contributed by atoms with Crippen LogP contribution in [0.15, 0.2) is 6.33 Å². The van der Waals surface area contributed by atoms with Crippen LogP contribution in [0.4, 0.5) is 11.8 Å². The van der Waals surface area contributed by atoms with E-state index in [9.17, 15) is 0 Å². The number of rotatable bonds is 5. The first-order valence-electron chi connectivity index (χ1n) is 6.91. The minimum absolute atomic E-state index is 0.599. The first-order chi connectivity index (χ1) is 9.86. The van der Waals surface area contributed by atoms with Crippen molar-refractivity contribution < 1.29 is 4.74 Å². The Morgan fingerprint density at radius 1 is 1.35 bits per heavy atom. The smallest absolute Gasteiger partial charge is 0.226 e. The molecule has 0 amide bonds. The summed E-state index contributed by atoms with van der Waals surface area (Å²) < 4.78 is 5.34. The largest absolute Gasteiger partial charge is 0.379 e. The molecule has 108 valence electrons. The molecule has 1 fully saturated rings.